The van der Waals surface area contributed by atoms with E-state index >= 15 is 0 Å². The Hall–Kier alpha value is -0.540. The van der Waals surface area contributed by atoms with E-state index in [4.69, 9.17) is 5.73 Å². The number of halogens is 1. The molecule has 1 aromatic heterocycles. The molecule has 0 radical (unpaired) electrons. The molecule has 0 aliphatic heterocycles. The van der Waals surface area contributed by atoms with Gasteiger partial charge in [-0.15, -0.1) is 12.4 Å². The largest absolute Gasteiger partial charge is 0.327 e. The minimum atomic E-state index is 0. The Morgan fingerprint density at radius 3 is 2.79 bits per heavy atom. The first-order valence-corrected chi connectivity index (χ1v) is 4.94. The summed E-state index contributed by atoms with van der Waals surface area (Å²) in [5.74, 6) is 1.24. The van der Waals surface area contributed by atoms with Gasteiger partial charge in [0.25, 0.3) is 0 Å². The normalized spacial score (nSPS) is 24.9. The third-order valence-corrected chi connectivity index (χ3v) is 2.47. The average molecular weight is 216 g/mol. The van der Waals surface area contributed by atoms with Gasteiger partial charge in [-0.25, -0.2) is 0 Å². The molecule has 1 aliphatic rings. The van der Waals surface area contributed by atoms with Crippen LogP contribution in [0.15, 0.2) is 12.4 Å². The van der Waals surface area contributed by atoms with Gasteiger partial charge in [0.15, 0.2) is 0 Å². The molecular weight excluding hydrogens is 198 g/mol. The van der Waals surface area contributed by atoms with Gasteiger partial charge in [0.1, 0.15) is 0 Å². The predicted octanol–water partition coefficient (Wildman–Crippen LogP) is 1.78. The van der Waals surface area contributed by atoms with Crippen molar-refractivity contribution in [3.8, 4) is 0 Å². The molecule has 0 bridgehead atoms. The molecule has 1 heterocycles. The highest BCUT2D eigenvalue weighted by atomic mass is 35.5. The van der Waals surface area contributed by atoms with Crippen molar-refractivity contribution in [3.05, 3.63) is 18.0 Å². The molecule has 1 aliphatic carbocycles. The molecule has 2 atom stereocenters. The van der Waals surface area contributed by atoms with E-state index in [0.29, 0.717) is 17.9 Å². The fourth-order valence-electron chi connectivity index (χ4n) is 1.64. The van der Waals surface area contributed by atoms with E-state index in [1.807, 2.05) is 10.9 Å². The lowest BCUT2D eigenvalue weighted by atomic mass is 10.2. The maximum absolute atomic E-state index is 5.77. The molecule has 14 heavy (non-hydrogen) atoms. The van der Waals surface area contributed by atoms with Crippen LogP contribution in [0, 0.1) is 5.92 Å². The average Bonchev–Trinajstić information content (AvgIpc) is 2.60. The molecule has 2 N–H and O–H groups in total. The lowest BCUT2D eigenvalue weighted by molar-refractivity contribution is 0.483. The van der Waals surface area contributed by atoms with Crippen molar-refractivity contribution in [2.45, 2.75) is 38.8 Å². The van der Waals surface area contributed by atoms with E-state index in [1.54, 1.807) is 0 Å². The van der Waals surface area contributed by atoms with E-state index < -0.39 is 0 Å². The summed E-state index contributed by atoms with van der Waals surface area (Å²) >= 11 is 0. The summed E-state index contributed by atoms with van der Waals surface area (Å²) in [6, 6.07) is 0.386. The zero-order valence-corrected chi connectivity index (χ0v) is 9.50. The van der Waals surface area contributed by atoms with Gasteiger partial charge < -0.3 is 5.73 Å². The Bertz CT molecular complexity index is 295. The van der Waals surface area contributed by atoms with E-state index in [-0.39, 0.29) is 12.4 Å². The zero-order chi connectivity index (χ0) is 9.42. The van der Waals surface area contributed by atoms with Gasteiger partial charge in [-0.2, -0.15) is 5.10 Å². The number of rotatable bonds is 3. The third kappa shape index (κ3) is 2.49. The molecule has 1 aromatic rings. The van der Waals surface area contributed by atoms with E-state index in [9.17, 15) is 0 Å². The van der Waals surface area contributed by atoms with Crippen molar-refractivity contribution in [3.63, 3.8) is 0 Å². The van der Waals surface area contributed by atoms with Gasteiger partial charge >= 0.3 is 0 Å². The molecule has 1 saturated carbocycles. The first-order chi connectivity index (χ1) is 6.16. The molecule has 0 spiro atoms. The summed E-state index contributed by atoms with van der Waals surface area (Å²) in [5.41, 5.74) is 7.09. The summed E-state index contributed by atoms with van der Waals surface area (Å²) in [5, 5.41) is 4.31. The van der Waals surface area contributed by atoms with Crippen LogP contribution in [0.5, 0.6) is 0 Å². The van der Waals surface area contributed by atoms with Gasteiger partial charge in [-0.1, -0.05) is 13.8 Å². The minimum absolute atomic E-state index is 0. The maximum Gasteiger partial charge on any atom is 0.0525 e. The van der Waals surface area contributed by atoms with Crippen LogP contribution in [0.4, 0.5) is 0 Å². The van der Waals surface area contributed by atoms with Crippen molar-refractivity contribution in [1.82, 2.24) is 9.78 Å². The topological polar surface area (TPSA) is 43.8 Å². The van der Waals surface area contributed by atoms with Crippen LogP contribution in [0.3, 0.4) is 0 Å². The SMILES string of the molecule is CC(C)Cn1cc([C@H]2C[C@@H]2N)cn1.Cl. The molecule has 0 amide bonds. The van der Waals surface area contributed by atoms with Crippen molar-refractivity contribution < 1.29 is 0 Å². The number of hydrogen-bond acceptors (Lipinski definition) is 2. The molecule has 0 unspecified atom stereocenters. The highest BCUT2D eigenvalue weighted by molar-refractivity contribution is 5.85. The fraction of sp³-hybridized carbons (Fsp3) is 0.700. The highest BCUT2D eigenvalue weighted by Crippen LogP contribution is 2.38. The molecule has 3 nitrogen and oxygen atoms in total. The highest BCUT2D eigenvalue weighted by Gasteiger charge is 2.35. The second-order valence-electron chi connectivity index (χ2n) is 4.40. The van der Waals surface area contributed by atoms with Gasteiger partial charge in [0, 0.05) is 24.7 Å². The van der Waals surface area contributed by atoms with Gasteiger partial charge in [0.05, 0.1) is 6.20 Å². The summed E-state index contributed by atoms with van der Waals surface area (Å²) in [7, 11) is 0. The summed E-state index contributed by atoms with van der Waals surface area (Å²) < 4.78 is 2.02. The maximum atomic E-state index is 5.77. The Morgan fingerprint density at radius 1 is 1.64 bits per heavy atom. The first-order valence-electron chi connectivity index (χ1n) is 4.94. The first kappa shape index (κ1) is 11.5. The smallest absolute Gasteiger partial charge is 0.0525 e. The predicted molar refractivity (Wildman–Crippen MR) is 59.6 cm³/mol. The summed E-state index contributed by atoms with van der Waals surface area (Å²) in [6.45, 7) is 5.40. The van der Waals surface area contributed by atoms with Crippen molar-refractivity contribution in [2.24, 2.45) is 11.7 Å². The van der Waals surface area contributed by atoms with Crippen molar-refractivity contribution in [2.75, 3.05) is 0 Å². The number of aromatic nitrogens is 2. The van der Waals surface area contributed by atoms with Crippen molar-refractivity contribution >= 4 is 12.4 Å². The molecular formula is C10H18ClN3. The lowest BCUT2D eigenvalue weighted by Gasteiger charge is -2.03. The quantitative estimate of drug-likeness (QED) is 0.836. The van der Waals surface area contributed by atoms with Crippen LogP contribution in [-0.2, 0) is 6.54 Å². The molecule has 0 aromatic carbocycles. The van der Waals surface area contributed by atoms with Crippen LogP contribution in [-0.4, -0.2) is 15.8 Å². The van der Waals surface area contributed by atoms with Crippen LogP contribution in [0.25, 0.3) is 0 Å². The van der Waals surface area contributed by atoms with Crippen LogP contribution >= 0.6 is 12.4 Å². The Kier molecular flexibility index (Phi) is 3.56. The summed E-state index contributed by atoms with van der Waals surface area (Å²) in [4.78, 5) is 0. The fourth-order valence-corrected chi connectivity index (χ4v) is 1.64. The van der Waals surface area contributed by atoms with Crippen LogP contribution in [0.1, 0.15) is 31.7 Å². The molecule has 1 fully saturated rings. The minimum Gasteiger partial charge on any atom is -0.327 e. The number of nitrogens with two attached hydrogens (primary N) is 1. The summed E-state index contributed by atoms with van der Waals surface area (Å²) in [6.07, 6.45) is 5.23. The second-order valence-corrected chi connectivity index (χ2v) is 4.40. The van der Waals surface area contributed by atoms with E-state index in [1.165, 1.54) is 5.56 Å². The van der Waals surface area contributed by atoms with Gasteiger partial charge in [-0.05, 0) is 17.9 Å². The Balaban J connectivity index is 0.000000980. The molecule has 80 valence electrons. The standard InChI is InChI=1S/C10H17N3.ClH/c1-7(2)5-13-6-8(4-12-13)9-3-10(9)11;/h4,6-7,9-10H,3,5,11H2,1-2H3;1H/t9-,10+;/m1./s1. The molecule has 4 heteroatoms. The lowest BCUT2D eigenvalue weighted by Crippen LogP contribution is -2.04. The van der Waals surface area contributed by atoms with Gasteiger partial charge in [0.2, 0.25) is 0 Å². The van der Waals surface area contributed by atoms with Crippen LogP contribution < -0.4 is 5.73 Å². The number of nitrogens with zero attached hydrogens (tertiary/aromatic N) is 2. The monoisotopic (exact) mass is 215 g/mol. The molecule has 2 rings (SSSR count). The Labute approximate surface area is 91.1 Å². The van der Waals surface area contributed by atoms with Crippen LogP contribution in [0.2, 0.25) is 0 Å². The van der Waals surface area contributed by atoms with E-state index in [2.05, 4.69) is 25.1 Å². The molecule has 0 saturated heterocycles. The van der Waals surface area contributed by atoms with Gasteiger partial charge in [-0.3, -0.25) is 4.68 Å². The number of hydrogen-bond donors (Lipinski definition) is 1. The van der Waals surface area contributed by atoms with E-state index in [0.717, 1.165) is 13.0 Å². The second kappa shape index (κ2) is 4.32. The van der Waals surface area contributed by atoms with Crippen molar-refractivity contribution in [1.29, 1.82) is 0 Å². The third-order valence-electron chi connectivity index (χ3n) is 2.47. The zero-order valence-electron chi connectivity index (χ0n) is 8.68. The Morgan fingerprint density at radius 2 is 2.29 bits per heavy atom.